The second-order valence-electron chi connectivity index (χ2n) is 6.02. The predicted molar refractivity (Wildman–Crippen MR) is 89.5 cm³/mol. The number of carbonyl (C=O) groups excluding carboxylic acids is 1. The Balaban J connectivity index is 1.96. The first kappa shape index (κ1) is 17.1. The normalized spacial score (nSPS) is 19.8. The van der Waals surface area contributed by atoms with Gasteiger partial charge < -0.3 is 15.0 Å². The first-order chi connectivity index (χ1) is 10.5. The van der Waals surface area contributed by atoms with Crippen molar-refractivity contribution in [2.75, 3.05) is 26.7 Å². The van der Waals surface area contributed by atoms with Crippen molar-refractivity contribution in [1.29, 1.82) is 0 Å². The molecule has 1 fully saturated rings. The van der Waals surface area contributed by atoms with Crippen LogP contribution in [0.2, 0.25) is 5.02 Å². The topological polar surface area (TPSA) is 41.6 Å². The first-order valence-electron chi connectivity index (χ1n) is 7.87. The van der Waals surface area contributed by atoms with Crippen LogP contribution in [0.4, 0.5) is 0 Å². The third-order valence-corrected chi connectivity index (χ3v) is 4.35. The van der Waals surface area contributed by atoms with Crippen LogP contribution in [0.1, 0.15) is 25.3 Å². The predicted octanol–water partition coefficient (Wildman–Crippen LogP) is 2.87. The van der Waals surface area contributed by atoms with Gasteiger partial charge in [0.2, 0.25) is 0 Å². The highest BCUT2D eigenvalue weighted by Crippen LogP contribution is 2.24. The third-order valence-electron chi connectivity index (χ3n) is 4.11. The molecule has 22 heavy (non-hydrogen) atoms. The van der Waals surface area contributed by atoms with E-state index in [0.29, 0.717) is 16.7 Å². The number of hydrogen-bond donors (Lipinski definition) is 1. The monoisotopic (exact) mass is 324 g/mol. The summed E-state index contributed by atoms with van der Waals surface area (Å²) in [5.74, 6) is 1.32. The molecule has 4 nitrogen and oxygen atoms in total. The van der Waals surface area contributed by atoms with Crippen molar-refractivity contribution >= 4 is 17.5 Å². The number of benzene rings is 1. The van der Waals surface area contributed by atoms with Gasteiger partial charge in [0.25, 0.3) is 5.91 Å². The minimum absolute atomic E-state index is 0.0650. The molecule has 2 atom stereocenters. The van der Waals surface area contributed by atoms with Crippen molar-refractivity contribution < 1.29 is 9.53 Å². The second kappa shape index (κ2) is 7.84. The lowest BCUT2D eigenvalue weighted by atomic mass is 9.97. The molecule has 1 heterocycles. The Hall–Kier alpha value is -1.26. The zero-order valence-corrected chi connectivity index (χ0v) is 14.3. The Bertz CT molecular complexity index is 519. The van der Waals surface area contributed by atoms with Crippen LogP contribution >= 0.6 is 11.6 Å². The Morgan fingerprint density at radius 2 is 2.32 bits per heavy atom. The number of halogens is 1. The molecule has 1 amide bonds. The summed E-state index contributed by atoms with van der Waals surface area (Å²) in [6, 6.07) is 5.45. The van der Waals surface area contributed by atoms with Crippen molar-refractivity contribution in [2.24, 2.45) is 5.92 Å². The first-order valence-corrected chi connectivity index (χ1v) is 8.25. The van der Waals surface area contributed by atoms with E-state index in [1.807, 2.05) is 37.9 Å². The van der Waals surface area contributed by atoms with Crippen LogP contribution < -0.4 is 10.1 Å². The Labute approximate surface area is 137 Å². The lowest BCUT2D eigenvalue weighted by molar-refractivity contribution is -0.139. The molecular formula is C17H25ClN2O2. The van der Waals surface area contributed by atoms with Gasteiger partial charge in [-0.2, -0.15) is 0 Å². The molecule has 1 aromatic carbocycles. The number of hydrogen-bond acceptors (Lipinski definition) is 3. The highest BCUT2D eigenvalue weighted by Gasteiger charge is 2.27. The summed E-state index contributed by atoms with van der Waals surface area (Å²) in [6.45, 7) is 6.34. The van der Waals surface area contributed by atoms with Gasteiger partial charge in [-0.05, 0) is 70.0 Å². The van der Waals surface area contributed by atoms with Gasteiger partial charge in [-0.15, -0.1) is 0 Å². The summed E-state index contributed by atoms with van der Waals surface area (Å²) < 4.78 is 5.84. The van der Waals surface area contributed by atoms with Crippen LogP contribution in [0, 0.1) is 12.8 Å². The van der Waals surface area contributed by atoms with Crippen LogP contribution in [0.15, 0.2) is 18.2 Å². The molecule has 0 radical (unpaired) electrons. The Kier molecular flexibility index (Phi) is 6.09. The van der Waals surface area contributed by atoms with Crippen LogP contribution in [-0.2, 0) is 4.79 Å². The summed E-state index contributed by atoms with van der Waals surface area (Å²) in [5.41, 5.74) is 0.943. The maximum Gasteiger partial charge on any atom is 0.263 e. The molecule has 0 spiro atoms. The molecule has 1 aromatic rings. The van der Waals surface area contributed by atoms with Crippen LogP contribution in [0.3, 0.4) is 0 Å². The van der Waals surface area contributed by atoms with Crippen LogP contribution in [0.25, 0.3) is 0 Å². The quantitative estimate of drug-likeness (QED) is 0.905. The molecular weight excluding hydrogens is 300 g/mol. The Morgan fingerprint density at radius 1 is 1.55 bits per heavy atom. The largest absolute Gasteiger partial charge is 0.481 e. The van der Waals surface area contributed by atoms with Crippen molar-refractivity contribution in [3.05, 3.63) is 28.8 Å². The average molecular weight is 325 g/mol. The molecule has 1 aliphatic heterocycles. The van der Waals surface area contributed by atoms with Gasteiger partial charge >= 0.3 is 0 Å². The van der Waals surface area contributed by atoms with E-state index in [9.17, 15) is 4.79 Å². The van der Waals surface area contributed by atoms with Crippen LogP contribution in [-0.4, -0.2) is 43.6 Å². The molecule has 2 rings (SSSR count). The van der Waals surface area contributed by atoms with E-state index in [1.165, 1.54) is 6.42 Å². The van der Waals surface area contributed by atoms with Gasteiger partial charge in [-0.3, -0.25) is 4.79 Å². The zero-order valence-electron chi connectivity index (χ0n) is 13.6. The molecule has 0 aliphatic carbocycles. The molecule has 0 unspecified atom stereocenters. The summed E-state index contributed by atoms with van der Waals surface area (Å²) in [6.07, 6.45) is 1.76. The average Bonchev–Trinajstić information content (AvgIpc) is 2.50. The number of rotatable bonds is 5. The number of carbonyl (C=O) groups is 1. The fraction of sp³-hybridized carbons (Fsp3) is 0.588. The van der Waals surface area contributed by atoms with E-state index in [4.69, 9.17) is 16.3 Å². The number of ether oxygens (including phenoxy) is 1. The van der Waals surface area contributed by atoms with Gasteiger partial charge in [-0.25, -0.2) is 0 Å². The fourth-order valence-corrected chi connectivity index (χ4v) is 3.19. The number of amides is 1. The smallest absolute Gasteiger partial charge is 0.263 e. The standard InChI is InChI=1S/C17H25ClN2O2/c1-12-9-15(18)6-7-16(12)22-13(2)17(21)20-8-4-5-14(11-20)10-19-3/h6-7,9,13-14,19H,4-5,8,10-11H2,1-3H3/t13-,14-/m1/s1. The lowest BCUT2D eigenvalue weighted by Crippen LogP contribution is -2.47. The van der Waals surface area contributed by atoms with E-state index in [2.05, 4.69) is 5.32 Å². The van der Waals surface area contributed by atoms with Crippen LogP contribution in [0.5, 0.6) is 5.75 Å². The maximum absolute atomic E-state index is 12.6. The highest BCUT2D eigenvalue weighted by atomic mass is 35.5. The second-order valence-corrected chi connectivity index (χ2v) is 6.46. The molecule has 0 saturated carbocycles. The van der Waals surface area contributed by atoms with Gasteiger partial charge in [0.15, 0.2) is 6.10 Å². The van der Waals surface area contributed by atoms with Gasteiger partial charge in [-0.1, -0.05) is 11.6 Å². The highest BCUT2D eigenvalue weighted by molar-refractivity contribution is 6.30. The number of piperidine rings is 1. The Morgan fingerprint density at radius 3 is 3.00 bits per heavy atom. The lowest BCUT2D eigenvalue weighted by Gasteiger charge is -2.34. The maximum atomic E-state index is 12.6. The third kappa shape index (κ3) is 4.37. The number of aryl methyl sites for hydroxylation is 1. The van der Waals surface area contributed by atoms with E-state index < -0.39 is 6.10 Å². The summed E-state index contributed by atoms with van der Waals surface area (Å²) in [7, 11) is 1.95. The number of nitrogens with one attached hydrogen (secondary N) is 1. The SMILES string of the molecule is CNC[C@H]1CCCN(C(=O)[C@@H](C)Oc2ccc(Cl)cc2C)C1. The number of nitrogens with zero attached hydrogens (tertiary/aromatic N) is 1. The molecule has 1 saturated heterocycles. The van der Waals surface area contributed by atoms with E-state index >= 15 is 0 Å². The minimum Gasteiger partial charge on any atom is -0.481 e. The van der Waals surface area contributed by atoms with Gasteiger partial charge in [0.05, 0.1) is 0 Å². The fourth-order valence-electron chi connectivity index (χ4n) is 2.96. The summed E-state index contributed by atoms with van der Waals surface area (Å²) in [5, 5.41) is 3.87. The van der Waals surface area contributed by atoms with E-state index in [1.54, 1.807) is 6.07 Å². The van der Waals surface area contributed by atoms with Gasteiger partial charge in [0.1, 0.15) is 5.75 Å². The molecule has 1 N–H and O–H groups in total. The van der Waals surface area contributed by atoms with Gasteiger partial charge in [0, 0.05) is 18.1 Å². The molecule has 122 valence electrons. The van der Waals surface area contributed by atoms with Crippen molar-refractivity contribution in [1.82, 2.24) is 10.2 Å². The van der Waals surface area contributed by atoms with Crippen molar-refractivity contribution in [3.8, 4) is 5.75 Å². The molecule has 5 heteroatoms. The summed E-state index contributed by atoms with van der Waals surface area (Å²) >= 11 is 5.95. The zero-order chi connectivity index (χ0) is 16.1. The molecule has 0 bridgehead atoms. The van der Waals surface area contributed by atoms with E-state index in [0.717, 1.165) is 31.6 Å². The van der Waals surface area contributed by atoms with E-state index in [-0.39, 0.29) is 5.91 Å². The van der Waals surface area contributed by atoms with Crippen molar-refractivity contribution in [3.63, 3.8) is 0 Å². The molecule has 1 aliphatic rings. The minimum atomic E-state index is -0.479. The number of likely N-dealkylation sites (tertiary alicyclic amines) is 1. The molecule has 0 aromatic heterocycles. The summed E-state index contributed by atoms with van der Waals surface area (Å²) in [4.78, 5) is 14.5. The van der Waals surface area contributed by atoms with Crippen molar-refractivity contribution in [2.45, 2.75) is 32.8 Å².